The van der Waals surface area contributed by atoms with Crippen LogP contribution in [0.15, 0.2) is 18.2 Å². The molecule has 22 heavy (non-hydrogen) atoms. The van der Waals surface area contributed by atoms with Crippen LogP contribution in [0.4, 0.5) is 17.6 Å². The summed E-state index contributed by atoms with van der Waals surface area (Å²) < 4.78 is 74.8. The SMILES string of the molecule is O=C1CC(S(=O)(=O)Cl)CN1Cc1c(F)cccc1C(F)(F)F. The Labute approximate surface area is 128 Å². The minimum atomic E-state index is -4.78. The predicted octanol–water partition coefficient (Wildman–Crippen LogP) is 2.51. The van der Waals surface area contributed by atoms with Crippen LogP contribution < -0.4 is 0 Å². The van der Waals surface area contributed by atoms with Gasteiger partial charge in [-0.05, 0) is 12.1 Å². The molecule has 0 radical (unpaired) electrons. The standard InChI is InChI=1S/C12H10ClF4NO3S/c13-22(20,21)7-4-11(19)18(5-7)6-8-9(12(15,16)17)2-1-3-10(8)14/h1-3,7H,4-6H2. The summed E-state index contributed by atoms with van der Waals surface area (Å²) in [5.41, 5.74) is -1.89. The van der Waals surface area contributed by atoms with Crippen LogP contribution in [0.1, 0.15) is 17.5 Å². The Balaban J connectivity index is 2.31. The lowest BCUT2D eigenvalue weighted by Gasteiger charge is -2.20. The van der Waals surface area contributed by atoms with Gasteiger partial charge in [0.15, 0.2) is 0 Å². The molecule has 0 aromatic heterocycles. The number of nitrogens with zero attached hydrogens (tertiary/aromatic N) is 1. The van der Waals surface area contributed by atoms with E-state index in [1.54, 1.807) is 0 Å². The average molecular weight is 360 g/mol. The van der Waals surface area contributed by atoms with Gasteiger partial charge in [0.2, 0.25) is 15.0 Å². The normalized spacial score (nSPS) is 19.8. The van der Waals surface area contributed by atoms with E-state index < -0.39 is 56.3 Å². The summed E-state index contributed by atoms with van der Waals surface area (Å²) in [6, 6.07) is 2.47. The second kappa shape index (κ2) is 5.69. The zero-order valence-corrected chi connectivity index (χ0v) is 12.5. The maximum atomic E-state index is 13.7. The zero-order valence-electron chi connectivity index (χ0n) is 10.9. The number of likely N-dealkylation sites (tertiary alicyclic amines) is 1. The van der Waals surface area contributed by atoms with Crippen LogP contribution >= 0.6 is 10.7 Å². The first-order chi connectivity index (χ1) is 10.00. The molecule has 1 fully saturated rings. The van der Waals surface area contributed by atoms with Crippen LogP contribution in [-0.2, 0) is 26.6 Å². The molecule has 1 aromatic carbocycles. The maximum absolute atomic E-state index is 13.7. The molecule has 1 unspecified atom stereocenters. The minimum Gasteiger partial charge on any atom is -0.337 e. The molecule has 1 amide bonds. The highest BCUT2D eigenvalue weighted by atomic mass is 35.7. The molecule has 1 aliphatic heterocycles. The number of rotatable bonds is 3. The fourth-order valence-electron chi connectivity index (χ4n) is 2.25. The van der Waals surface area contributed by atoms with E-state index in [1.807, 2.05) is 0 Å². The van der Waals surface area contributed by atoms with Gasteiger partial charge in [-0.3, -0.25) is 4.79 Å². The third-order valence-electron chi connectivity index (χ3n) is 3.35. The fourth-order valence-corrected chi connectivity index (χ4v) is 3.31. The summed E-state index contributed by atoms with van der Waals surface area (Å²) in [7, 11) is 1.13. The van der Waals surface area contributed by atoms with Crippen molar-refractivity contribution >= 4 is 25.6 Å². The van der Waals surface area contributed by atoms with E-state index in [0.717, 1.165) is 17.0 Å². The second-order valence-corrected chi connectivity index (χ2v) is 7.75. The molecular weight excluding hydrogens is 350 g/mol. The summed E-state index contributed by atoms with van der Waals surface area (Å²) >= 11 is 0. The van der Waals surface area contributed by atoms with Gasteiger partial charge < -0.3 is 4.90 Å². The Morgan fingerprint density at radius 1 is 1.32 bits per heavy atom. The Morgan fingerprint density at radius 3 is 2.45 bits per heavy atom. The number of halogens is 5. The van der Waals surface area contributed by atoms with Gasteiger partial charge >= 0.3 is 6.18 Å². The van der Waals surface area contributed by atoms with Crippen molar-refractivity contribution in [1.82, 2.24) is 4.90 Å². The lowest BCUT2D eigenvalue weighted by molar-refractivity contribution is -0.139. The maximum Gasteiger partial charge on any atom is 0.416 e. The van der Waals surface area contributed by atoms with Crippen LogP contribution in [-0.4, -0.2) is 31.0 Å². The summed E-state index contributed by atoms with van der Waals surface area (Å²) in [5, 5.41) is -1.21. The number of benzene rings is 1. The molecule has 1 saturated heterocycles. The summed E-state index contributed by atoms with van der Waals surface area (Å²) in [6.07, 6.45) is -5.21. The molecule has 0 N–H and O–H groups in total. The monoisotopic (exact) mass is 359 g/mol. The van der Waals surface area contributed by atoms with E-state index in [1.165, 1.54) is 0 Å². The van der Waals surface area contributed by atoms with E-state index >= 15 is 0 Å². The Morgan fingerprint density at radius 2 is 1.95 bits per heavy atom. The van der Waals surface area contributed by atoms with E-state index in [-0.39, 0.29) is 6.54 Å². The third-order valence-corrected chi connectivity index (χ3v) is 5.22. The number of carbonyl (C=O) groups is 1. The van der Waals surface area contributed by atoms with E-state index in [9.17, 15) is 30.8 Å². The Kier molecular flexibility index (Phi) is 4.40. The van der Waals surface area contributed by atoms with Gasteiger partial charge in [-0.25, -0.2) is 12.8 Å². The van der Waals surface area contributed by atoms with Crippen molar-refractivity contribution in [3.8, 4) is 0 Å². The van der Waals surface area contributed by atoms with Crippen LogP contribution in [0, 0.1) is 5.82 Å². The number of alkyl halides is 3. The molecule has 122 valence electrons. The van der Waals surface area contributed by atoms with Gasteiger partial charge in [0.1, 0.15) is 11.1 Å². The van der Waals surface area contributed by atoms with Gasteiger partial charge in [0, 0.05) is 35.8 Å². The predicted molar refractivity (Wildman–Crippen MR) is 70.0 cm³/mol. The molecule has 0 saturated carbocycles. The van der Waals surface area contributed by atoms with Crippen LogP contribution in [0.2, 0.25) is 0 Å². The molecule has 0 bridgehead atoms. The average Bonchev–Trinajstić information content (AvgIpc) is 2.72. The fraction of sp³-hybridized carbons (Fsp3) is 0.417. The molecular formula is C12H10ClF4NO3S. The topological polar surface area (TPSA) is 54.5 Å². The highest BCUT2D eigenvalue weighted by Gasteiger charge is 2.40. The largest absolute Gasteiger partial charge is 0.416 e. The minimum absolute atomic E-state index is 0.365. The van der Waals surface area contributed by atoms with Crippen molar-refractivity contribution in [3.05, 3.63) is 35.1 Å². The van der Waals surface area contributed by atoms with Crippen LogP contribution in [0.3, 0.4) is 0 Å². The number of hydrogen-bond acceptors (Lipinski definition) is 3. The lowest BCUT2D eigenvalue weighted by Crippen LogP contribution is -2.28. The molecule has 1 aromatic rings. The molecule has 0 aliphatic carbocycles. The highest BCUT2D eigenvalue weighted by molar-refractivity contribution is 8.14. The Hall–Kier alpha value is -1.35. The van der Waals surface area contributed by atoms with E-state index in [4.69, 9.17) is 10.7 Å². The van der Waals surface area contributed by atoms with E-state index in [2.05, 4.69) is 0 Å². The smallest absolute Gasteiger partial charge is 0.337 e. The quantitative estimate of drug-likeness (QED) is 0.615. The van der Waals surface area contributed by atoms with Crippen LogP contribution in [0.5, 0.6) is 0 Å². The van der Waals surface area contributed by atoms with Crippen LogP contribution in [0.25, 0.3) is 0 Å². The van der Waals surface area contributed by atoms with Gasteiger partial charge in [-0.2, -0.15) is 13.2 Å². The lowest BCUT2D eigenvalue weighted by atomic mass is 10.1. The van der Waals surface area contributed by atoms with Gasteiger partial charge in [-0.15, -0.1) is 0 Å². The molecule has 10 heteroatoms. The molecule has 1 aliphatic rings. The first-order valence-corrected chi connectivity index (χ1v) is 8.43. The first-order valence-electron chi connectivity index (χ1n) is 6.06. The molecule has 1 atom stereocenters. The summed E-state index contributed by atoms with van der Waals surface area (Å²) in [4.78, 5) is 12.6. The second-order valence-electron chi connectivity index (χ2n) is 4.84. The number of hydrogen-bond donors (Lipinski definition) is 0. The van der Waals surface area contributed by atoms with Gasteiger partial charge in [-0.1, -0.05) is 6.07 Å². The van der Waals surface area contributed by atoms with Crippen molar-refractivity contribution in [2.75, 3.05) is 6.54 Å². The Bertz CT molecular complexity index is 705. The third kappa shape index (κ3) is 3.52. The number of amides is 1. The van der Waals surface area contributed by atoms with Crippen molar-refractivity contribution in [2.45, 2.75) is 24.4 Å². The summed E-state index contributed by atoms with van der Waals surface area (Å²) in [5.74, 6) is -1.80. The number of carbonyl (C=O) groups excluding carboxylic acids is 1. The highest BCUT2D eigenvalue weighted by Crippen LogP contribution is 2.34. The van der Waals surface area contributed by atoms with Crippen molar-refractivity contribution in [3.63, 3.8) is 0 Å². The van der Waals surface area contributed by atoms with Crippen molar-refractivity contribution in [1.29, 1.82) is 0 Å². The molecule has 4 nitrogen and oxygen atoms in total. The van der Waals surface area contributed by atoms with E-state index in [0.29, 0.717) is 6.07 Å². The molecule has 1 heterocycles. The van der Waals surface area contributed by atoms with Gasteiger partial charge in [0.05, 0.1) is 5.56 Å². The van der Waals surface area contributed by atoms with Gasteiger partial charge in [0.25, 0.3) is 0 Å². The first kappa shape index (κ1) is 17.0. The molecule has 2 rings (SSSR count). The van der Waals surface area contributed by atoms with Crippen molar-refractivity contribution in [2.24, 2.45) is 0 Å². The zero-order chi connectivity index (χ0) is 16.7. The summed E-state index contributed by atoms with van der Waals surface area (Å²) in [6.45, 7) is -1.03. The molecule has 0 spiro atoms. The van der Waals surface area contributed by atoms with Crippen molar-refractivity contribution < 1.29 is 30.8 Å².